The molecular weight excluding hydrogens is 204 g/mol. The minimum absolute atomic E-state index is 0.0136. The monoisotopic (exact) mass is 212 g/mol. The van der Waals surface area contributed by atoms with Crippen molar-refractivity contribution in [3.8, 4) is 5.75 Å². The van der Waals surface area contributed by atoms with E-state index in [1.807, 2.05) is 0 Å². The highest BCUT2D eigenvalue weighted by Crippen LogP contribution is 2.25. The van der Waals surface area contributed by atoms with Crippen LogP contribution in [0.3, 0.4) is 0 Å². The molecule has 16 heavy (non-hydrogen) atoms. The molecule has 3 nitrogen and oxygen atoms in total. The van der Waals surface area contributed by atoms with Crippen molar-refractivity contribution in [3.63, 3.8) is 0 Å². The largest absolute Gasteiger partial charge is 0.504 e. The normalized spacial score (nSPS) is 11.0. The van der Waals surface area contributed by atoms with Crippen molar-refractivity contribution in [2.75, 3.05) is 0 Å². The van der Waals surface area contributed by atoms with Crippen LogP contribution in [0.4, 0.5) is 0 Å². The molecule has 0 bridgehead atoms. The molecule has 0 saturated heterocycles. The SMILES string of the molecule is O=c1c2ccccc2oc2c(O)cccc12. The molecule has 0 saturated carbocycles. The Hall–Kier alpha value is -2.29. The molecule has 0 fully saturated rings. The molecule has 0 aliphatic rings. The smallest absolute Gasteiger partial charge is 0.200 e. The number of phenolic OH excluding ortho intramolecular Hbond substituents is 1. The van der Waals surface area contributed by atoms with Gasteiger partial charge in [0.2, 0.25) is 5.43 Å². The van der Waals surface area contributed by atoms with Gasteiger partial charge in [0.05, 0.1) is 10.8 Å². The second-order valence-corrected chi connectivity index (χ2v) is 3.58. The Morgan fingerprint density at radius 1 is 0.938 bits per heavy atom. The molecule has 3 aromatic rings. The van der Waals surface area contributed by atoms with Crippen LogP contribution in [0.1, 0.15) is 0 Å². The number of hydrogen-bond donors (Lipinski definition) is 1. The zero-order chi connectivity index (χ0) is 11.1. The van der Waals surface area contributed by atoms with Crippen molar-refractivity contribution in [3.05, 3.63) is 52.7 Å². The molecular formula is C13H8O3. The van der Waals surface area contributed by atoms with E-state index in [9.17, 15) is 9.90 Å². The van der Waals surface area contributed by atoms with Crippen molar-refractivity contribution < 1.29 is 9.52 Å². The lowest BCUT2D eigenvalue weighted by Gasteiger charge is -2.01. The Labute approximate surface area is 90.6 Å². The van der Waals surface area contributed by atoms with Gasteiger partial charge in [-0.05, 0) is 24.3 Å². The Kier molecular flexibility index (Phi) is 1.74. The van der Waals surface area contributed by atoms with Crippen LogP contribution in [0.15, 0.2) is 51.7 Å². The second kappa shape index (κ2) is 3.10. The first-order valence-electron chi connectivity index (χ1n) is 4.91. The first kappa shape index (κ1) is 8.97. The Bertz CT molecular complexity index is 741. The first-order chi connectivity index (χ1) is 7.77. The highest BCUT2D eigenvalue weighted by Gasteiger charge is 2.09. The summed E-state index contributed by atoms with van der Waals surface area (Å²) in [6.45, 7) is 0. The lowest BCUT2D eigenvalue weighted by Crippen LogP contribution is -2.01. The van der Waals surface area contributed by atoms with Crippen LogP contribution in [0.25, 0.3) is 21.9 Å². The molecule has 0 radical (unpaired) electrons. The third-order valence-corrected chi connectivity index (χ3v) is 2.58. The number of para-hydroxylation sites is 2. The van der Waals surface area contributed by atoms with E-state index in [0.717, 1.165) is 0 Å². The van der Waals surface area contributed by atoms with Crippen LogP contribution in [0.5, 0.6) is 5.75 Å². The quantitative estimate of drug-likeness (QED) is 0.583. The average molecular weight is 212 g/mol. The second-order valence-electron chi connectivity index (χ2n) is 3.58. The van der Waals surface area contributed by atoms with Crippen LogP contribution in [0.2, 0.25) is 0 Å². The molecule has 1 heterocycles. The Morgan fingerprint density at radius 3 is 2.56 bits per heavy atom. The fourth-order valence-corrected chi connectivity index (χ4v) is 1.81. The fraction of sp³-hybridized carbons (Fsp3) is 0. The maximum Gasteiger partial charge on any atom is 0.200 e. The van der Waals surface area contributed by atoms with Crippen molar-refractivity contribution in [1.82, 2.24) is 0 Å². The summed E-state index contributed by atoms with van der Waals surface area (Å²) in [6.07, 6.45) is 0. The molecule has 0 unspecified atom stereocenters. The lowest BCUT2D eigenvalue weighted by molar-refractivity contribution is 0.467. The topological polar surface area (TPSA) is 50.4 Å². The summed E-state index contributed by atoms with van der Waals surface area (Å²) in [5.74, 6) is -0.0136. The Morgan fingerprint density at radius 2 is 1.69 bits per heavy atom. The molecule has 0 amide bonds. The number of rotatable bonds is 0. The molecule has 0 aliphatic carbocycles. The molecule has 1 N–H and O–H groups in total. The minimum atomic E-state index is -0.118. The summed E-state index contributed by atoms with van der Waals surface area (Å²) >= 11 is 0. The fourth-order valence-electron chi connectivity index (χ4n) is 1.81. The third kappa shape index (κ3) is 1.11. The van der Waals surface area contributed by atoms with Crippen molar-refractivity contribution >= 4 is 21.9 Å². The molecule has 0 aliphatic heterocycles. The van der Waals surface area contributed by atoms with E-state index in [1.165, 1.54) is 6.07 Å². The van der Waals surface area contributed by atoms with Crippen LogP contribution >= 0.6 is 0 Å². The van der Waals surface area contributed by atoms with Gasteiger partial charge in [-0.3, -0.25) is 4.79 Å². The first-order valence-corrected chi connectivity index (χ1v) is 4.91. The molecule has 0 atom stereocenters. The van der Waals surface area contributed by atoms with Crippen LogP contribution in [-0.2, 0) is 0 Å². The van der Waals surface area contributed by atoms with Gasteiger partial charge in [0, 0.05) is 0 Å². The summed E-state index contributed by atoms with van der Waals surface area (Å²) < 4.78 is 5.51. The molecule has 2 aromatic carbocycles. The van der Waals surface area contributed by atoms with E-state index in [0.29, 0.717) is 16.4 Å². The van der Waals surface area contributed by atoms with Crippen LogP contribution in [-0.4, -0.2) is 5.11 Å². The summed E-state index contributed by atoms with van der Waals surface area (Å²) in [7, 11) is 0. The summed E-state index contributed by atoms with van der Waals surface area (Å²) in [6, 6.07) is 11.8. The summed E-state index contributed by atoms with van der Waals surface area (Å²) in [4.78, 5) is 12.1. The minimum Gasteiger partial charge on any atom is -0.504 e. The standard InChI is InChI=1S/C13H8O3/c14-10-6-3-5-9-12(15)8-4-1-2-7-11(8)16-13(9)10/h1-7,14H. The van der Waals surface area contributed by atoms with Gasteiger partial charge < -0.3 is 9.52 Å². The molecule has 0 spiro atoms. The maximum atomic E-state index is 12.1. The summed E-state index contributed by atoms with van der Waals surface area (Å²) in [5, 5.41) is 10.6. The average Bonchev–Trinajstić information content (AvgIpc) is 2.31. The number of phenols is 1. The Balaban J connectivity index is 2.67. The zero-order valence-corrected chi connectivity index (χ0v) is 8.31. The third-order valence-electron chi connectivity index (χ3n) is 2.58. The van der Waals surface area contributed by atoms with E-state index in [2.05, 4.69) is 0 Å². The van der Waals surface area contributed by atoms with Gasteiger partial charge in [0.15, 0.2) is 11.3 Å². The predicted molar refractivity (Wildman–Crippen MR) is 61.7 cm³/mol. The van der Waals surface area contributed by atoms with Crippen LogP contribution in [0, 0.1) is 0 Å². The van der Waals surface area contributed by atoms with Gasteiger partial charge >= 0.3 is 0 Å². The van der Waals surface area contributed by atoms with E-state index in [4.69, 9.17) is 4.42 Å². The number of aromatic hydroxyl groups is 1. The number of benzene rings is 2. The van der Waals surface area contributed by atoms with Crippen molar-refractivity contribution in [2.24, 2.45) is 0 Å². The van der Waals surface area contributed by atoms with E-state index >= 15 is 0 Å². The molecule has 78 valence electrons. The highest BCUT2D eigenvalue weighted by molar-refractivity contribution is 5.92. The van der Waals surface area contributed by atoms with Gasteiger partial charge in [0.25, 0.3) is 0 Å². The molecule has 3 heteroatoms. The van der Waals surface area contributed by atoms with E-state index < -0.39 is 0 Å². The van der Waals surface area contributed by atoms with Crippen molar-refractivity contribution in [2.45, 2.75) is 0 Å². The van der Waals surface area contributed by atoms with Gasteiger partial charge in [-0.2, -0.15) is 0 Å². The van der Waals surface area contributed by atoms with Crippen molar-refractivity contribution in [1.29, 1.82) is 0 Å². The van der Waals surface area contributed by atoms with Gasteiger partial charge in [0.1, 0.15) is 5.58 Å². The van der Waals surface area contributed by atoms with Gasteiger partial charge in [-0.1, -0.05) is 18.2 Å². The predicted octanol–water partition coefficient (Wildman–Crippen LogP) is 2.65. The van der Waals surface area contributed by atoms with Gasteiger partial charge in [-0.15, -0.1) is 0 Å². The number of fused-ring (bicyclic) bond motifs is 2. The zero-order valence-electron chi connectivity index (χ0n) is 8.31. The number of hydrogen-bond acceptors (Lipinski definition) is 3. The molecule has 3 rings (SSSR count). The summed E-state index contributed by atoms with van der Waals surface area (Å²) in [5.41, 5.74) is 0.612. The van der Waals surface area contributed by atoms with E-state index in [1.54, 1.807) is 36.4 Å². The maximum absolute atomic E-state index is 12.1. The van der Waals surface area contributed by atoms with E-state index in [-0.39, 0.29) is 16.8 Å². The van der Waals surface area contributed by atoms with Crippen LogP contribution < -0.4 is 5.43 Å². The lowest BCUT2D eigenvalue weighted by atomic mass is 10.1. The highest BCUT2D eigenvalue weighted by atomic mass is 16.4. The van der Waals surface area contributed by atoms with Gasteiger partial charge in [-0.25, -0.2) is 0 Å². The molecule has 1 aromatic heterocycles.